The molecule has 0 aliphatic rings. The van der Waals surface area contributed by atoms with Crippen molar-refractivity contribution in [2.24, 2.45) is 5.10 Å². The molecule has 6 nitrogen and oxygen atoms in total. The quantitative estimate of drug-likeness (QED) is 0.363. The van der Waals surface area contributed by atoms with Crippen molar-refractivity contribution in [1.82, 2.24) is 5.43 Å². The highest BCUT2D eigenvalue weighted by Gasteiger charge is 2.07. The number of nitrogens with one attached hydrogen (secondary N) is 1. The van der Waals surface area contributed by atoms with Crippen molar-refractivity contribution >= 4 is 23.7 Å². The standard InChI is InChI=1S/C24H23ClN2O4/c1-2-29-23-14-19(12-13-22(23)30-16-18-8-4-3-5-9-18)15-26-27-24(28)17-31-21-11-7-6-10-20(21)25/h3-15H,2,16-17H2,1H3,(H,27,28)/b26-15+. The predicted octanol–water partition coefficient (Wildman–Crippen LogP) is 4.85. The summed E-state index contributed by atoms with van der Waals surface area (Å²) in [5.74, 6) is 1.29. The molecule has 1 N–H and O–H groups in total. The van der Waals surface area contributed by atoms with Crippen molar-refractivity contribution in [1.29, 1.82) is 0 Å². The van der Waals surface area contributed by atoms with Gasteiger partial charge in [-0.25, -0.2) is 5.43 Å². The summed E-state index contributed by atoms with van der Waals surface area (Å²) in [6.07, 6.45) is 1.52. The summed E-state index contributed by atoms with van der Waals surface area (Å²) >= 11 is 5.99. The Kier molecular flexibility index (Phi) is 8.31. The maximum absolute atomic E-state index is 11.9. The first kappa shape index (κ1) is 22.2. The summed E-state index contributed by atoms with van der Waals surface area (Å²) in [7, 11) is 0. The topological polar surface area (TPSA) is 69.2 Å². The van der Waals surface area contributed by atoms with E-state index in [9.17, 15) is 4.79 Å². The largest absolute Gasteiger partial charge is 0.490 e. The summed E-state index contributed by atoms with van der Waals surface area (Å²) in [6.45, 7) is 2.65. The lowest BCUT2D eigenvalue weighted by Gasteiger charge is -2.12. The Labute approximate surface area is 186 Å². The van der Waals surface area contributed by atoms with Crippen LogP contribution in [0.1, 0.15) is 18.1 Å². The Morgan fingerprint density at radius 2 is 1.71 bits per heavy atom. The maximum atomic E-state index is 11.9. The minimum atomic E-state index is -0.399. The molecule has 0 aliphatic heterocycles. The van der Waals surface area contributed by atoms with E-state index in [-0.39, 0.29) is 6.61 Å². The second kappa shape index (κ2) is 11.6. The van der Waals surface area contributed by atoms with Crippen LogP contribution >= 0.6 is 11.6 Å². The molecule has 3 rings (SSSR count). The molecule has 0 heterocycles. The summed E-state index contributed by atoms with van der Waals surface area (Å²) in [4.78, 5) is 11.9. The first-order chi connectivity index (χ1) is 15.2. The highest BCUT2D eigenvalue weighted by Crippen LogP contribution is 2.29. The van der Waals surface area contributed by atoms with Gasteiger partial charge in [-0.1, -0.05) is 54.1 Å². The number of para-hydroxylation sites is 1. The number of hydrazone groups is 1. The van der Waals surface area contributed by atoms with Gasteiger partial charge in [0.2, 0.25) is 0 Å². The van der Waals surface area contributed by atoms with Gasteiger partial charge < -0.3 is 14.2 Å². The lowest BCUT2D eigenvalue weighted by Crippen LogP contribution is -2.24. The third kappa shape index (κ3) is 7.04. The zero-order chi connectivity index (χ0) is 21.9. The Bertz CT molecular complexity index is 1030. The van der Waals surface area contributed by atoms with Crippen LogP contribution in [0.4, 0.5) is 0 Å². The highest BCUT2D eigenvalue weighted by atomic mass is 35.5. The molecule has 0 atom stereocenters. The Morgan fingerprint density at radius 3 is 2.48 bits per heavy atom. The molecule has 7 heteroatoms. The van der Waals surface area contributed by atoms with Crippen molar-refractivity contribution in [3.05, 3.63) is 88.9 Å². The number of hydrogen-bond donors (Lipinski definition) is 1. The second-order valence-corrected chi connectivity index (χ2v) is 6.83. The SMILES string of the molecule is CCOc1cc(/C=N/NC(=O)COc2ccccc2Cl)ccc1OCc1ccccc1. The molecule has 31 heavy (non-hydrogen) atoms. The van der Waals surface area contributed by atoms with Crippen LogP contribution in [-0.4, -0.2) is 25.3 Å². The van der Waals surface area contributed by atoms with Crippen LogP contribution in [0.3, 0.4) is 0 Å². The van der Waals surface area contributed by atoms with Gasteiger partial charge in [-0.15, -0.1) is 0 Å². The van der Waals surface area contributed by atoms with Crippen molar-refractivity contribution < 1.29 is 19.0 Å². The molecule has 0 unspecified atom stereocenters. The Hall–Kier alpha value is -3.51. The summed E-state index contributed by atoms with van der Waals surface area (Å²) < 4.78 is 17.0. The fraction of sp³-hybridized carbons (Fsp3) is 0.167. The fourth-order valence-electron chi connectivity index (χ4n) is 2.64. The summed E-state index contributed by atoms with van der Waals surface area (Å²) in [5.41, 5.74) is 4.24. The number of carbonyl (C=O) groups is 1. The number of amides is 1. The molecule has 0 bridgehead atoms. The van der Waals surface area contributed by atoms with Crippen LogP contribution < -0.4 is 19.6 Å². The molecule has 1 amide bonds. The average molecular weight is 439 g/mol. The average Bonchev–Trinajstić information content (AvgIpc) is 2.79. The molecule has 0 fully saturated rings. The molecule has 160 valence electrons. The Balaban J connectivity index is 1.55. The van der Waals surface area contributed by atoms with Crippen molar-refractivity contribution in [2.75, 3.05) is 13.2 Å². The zero-order valence-electron chi connectivity index (χ0n) is 17.1. The van der Waals surface area contributed by atoms with Gasteiger partial charge in [-0.2, -0.15) is 5.10 Å². The molecule has 0 saturated carbocycles. The van der Waals surface area contributed by atoms with E-state index >= 15 is 0 Å². The fourth-order valence-corrected chi connectivity index (χ4v) is 2.83. The first-order valence-corrected chi connectivity index (χ1v) is 10.2. The van der Waals surface area contributed by atoms with Gasteiger partial charge in [-0.3, -0.25) is 4.79 Å². The van der Waals surface area contributed by atoms with Gasteiger partial charge in [0.25, 0.3) is 5.91 Å². The molecule has 0 radical (unpaired) electrons. The monoisotopic (exact) mass is 438 g/mol. The number of rotatable bonds is 10. The van der Waals surface area contributed by atoms with Crippen LogP contribution in [0.5, 0.6) is 17.2 Å². The number of carbonyl (C=O) groups excluding carboxylic acids is 1. The zero-order valence-corrected chi connectivity index (χ0v) is 17.8. The van der Waals surface area contributed by atoms with Crippen LogP contribution in [0.15, 0.2) is 77.9 Å². The van der Waals surface area contributed by atoms with Gasteiger partial charge in [-0.05, 0) is 48.4 Å². The van der Waals surface area contributed by atoms with Crippen molar-refractivity contribution in [3.63, 3.8) is 0 Å². The predicted molar refractivity (Wildman–Crippen MR) is 121 cm³/mol. The number of benzene rings is 3. The van der Waals surface area contributed by atoms with Gasteiger partial charge in [0.05, 0.1) is 17.8 Å². The van der Waals surface area contributed by atoms with E-state index in [0.717, 1.165) is 11.1 Å². The van der Waals surface area contributed by atoms with Gasteiger partial charge in [0, 0.05) is 0 Å². The molecular formula is C24H23ClN2O4. The maximum Gasteiger partial charge on any atom is 0.277 e. The third-order valence-corrected chi connectivity index (χ3v) is 4.42. The van der Waals surface area contributed by atoms with Crippen LogP contribution in [0, 0.1) is 0 Å². The number of ether oxygens (including phenoxy) is 3. The minimum Gasteiger partial charge on any atom is -0.490 e. The van der Waals surface area contributed by atoms with Gasteiger partial charge in [0.15, 0.2) is 18.1 Å². The Morgan fingerprint density at radius 1 is 0.935 bits per heavy atom. The van der Waals surface area contributed by atoms with E-state index in [1.807, 2.05) is 49.4 Å². The first-order valence-electron chi connectivity index (χ1n) is 9.78. The molecular weight excluding hydrogens is 416 g/mol. The van der Waals surface area contributed by atoms with Gasteiger partial charge in [0.1, 0.15) is 12.4 Å². The van der Waals surface area contributed by atoms with Crippen LogP contribution in [-0.2, 0) is 11.4 Å². The van der Waals surface area contributed by atoms with Crippen molar-refractivity contribution in [2.45, 2.75) is 13.5 Å². The lowest BCUT2D eigenvalue weighted by molar-refractivity contribution is -0.123. The molecule has 3 aromatic rings. The summed E-state index contributed by atoms with van der Waals surface area (Å²) in [5, 5.41) is 4.41. The van der Waals surface area contributed by atoms with E-state index in [1.54, 1.807) is 30.3 Å². The molecule has 0 aromatic heterocycles. The molecule has 0 aliphatic carbocycles. The normalized spacial score (nSPS) is 10.6. The van der Waals surface area contributed by atoms with E-state index in [0.29, 0.717) is 35.5 Å². The smallest absolute Gasteiger partial charge is 0.277 e. The number of hydrogen-bond acceptors (Lipinski definition) is 5. The molecule has 0 spiro atoms. The lowest BCUT2D eigenvalue weighted by atomic mass is 10.2. The van der Waals surface area contributed by atoms with E-state index < -0.39 is 5.91 Å². The van der Waals surface area contributed by atoms with E-state index in [2.05, 4.69) is 10.5 Å². The van der Waals surface area contributed by atoms with E-state index in [1.165, 1.54) is 6.21 Å². The highest BCUT2D eigenvalue weighted by molar-refractivity contribution is 6.32. The summed E-state index contributed by atoms with van der Waals surface area (Å²) in [6, 6.07) is 22.3. The number of halogens is 1. The second-order valence-electron chi connectivity index (χ2n) is 6.43. The van der Waals surface area contributed by atoms with Crippen LogP contribution in [0.25, 0.3) is 0 Å². The number of nitrogens with zero attached hydrogens (tertiary/aromatic N) is 1. The third-order valence-electron chi connectivity index (χ3n) is 4.10. The van der Waals surface area contributed by atoms with Crippen LogP contribution in [0.2, 0.25) is 5.02 Å². The van der Waals surface area contributed by atoms with Gasteiger partial charge >= 0.3 is 0 Å². The van der Waals surface area contributed by atoms with Crippen molar-refractivity contribution in [3.8, 4) is 17.2 Å². The molecule has 3 aromatic carbocycles. The minimum absolute atomic E-state index is 0.197. The van der Waals surface area contributed by atoms with E-state index in [4.69, 9.17) is 25.8 Å². The molecule has 0 saturated heterocycles.